The van der Waals surface area contributed by atoms with Crippen LogP contribution in [0.3, 0.4) is 0 Å². The van der Waals surface area contributed by atoms with Crippen LogP contribution in [0.1, 0.15) is 96.3 Å². The summed E-state index contributed by atoms with van der Waals surface area (Å²) in [5, 5.41) is 12.8. The number of rotatable bonds is 3. The van der Waals surface area contributed by atoms with Crippen LogP contribution in [0, 0.1) is 0 Å². The zero-order valence-electron chi connectivity index (χ0n) is 15.2. The molecule has 3 heteroatoms. The van der Waals surface area contributed by atoms with Gasteiger partial charge in [-0.1, -0.05) is 51.0 Å². The van der Waals surface area contributed by atoms with E-state index in [0.717, 1.165) is 37.9 Å². The Morgan fingerprint density at radius 1 is 0.875 bits per heavy atom. The minimum absolute atomic E-state index is 0.146. The van der Waals surface area contributed by atoms with Gasteiger partial charge in [-0.25, -0.2) is 0 Å². The average molecular weight is 334 g/mol. The molecule has 0 saturated heterocycles. The second kappa shape index (κ2) is 11.3. The van der Waals surface area contributed by atoms with E-state index in [1.165, 1.54) is 75.4 Å². The van der Waals surface area contributed by atoms with Crippen LogP contribution < -0.4 is 5.32 Å². The molecular formula is C21H35NO2. The van der Waals surface area contributed by atoms with E-state index in [0.29, 0.717) is 0 Å². The van der Waals surface area contributed by atoms with Crippen molar-refractivity contribution in [3.8, 4) is 0 Å². The van der Waals surface area contributed by atoms with Gasteiger partial charge in [-0.2, -0.15) is 0 Å². The Balaban J connectivity index is 2.23. The molecule has 136 valence electrons. The number of hydrogen-bond donors (Lipinski definition) is 2. The number of carboxylic acid groups (broad SMARTS) is 1. The minimum atomic E-state index is -0.715. The highest BCUT2D eigenvalue weighted by molar-refractivity contribution is 5.70. The molecule has 1 heterocycles. The Hall–Kier alpha value is -1.25. The first kappa shape index (κ1) is 19.1. The van der Waals surface area contributed by atoms with Crippen LogP contribution in [-0.2, 0) is 4.79 Å². The van der Waals surface area contributed by atoms with Gasteiger partial charge in [0.05, 0.1) is 6.42 Å². The Kier molecular flexibility index (Phi) is 9.01. The van der Waals surface area contributed by atoms with Gasteiger partial charge in [0.25, 0.3) is 0 Å². The van der Waals surface area contributed by atoms with Crippen LogP contribution in [0.5, 0.6) is 0 Å². The fourth-order valence-electron chi connectivity index (χ4n) is 3.95. The predicted octanol–water partition coefficient (Wildman–Crippen LogP) is 5.72. The van der Waals surface area contributed by atoms with Gasteiger partial charge in [0.1, 0.15) is 0 Å². The zero-order chi connectivity index (χ0) is 17.0. The van der Waals surface area contributed by atoms with Crippen molar-refractivity contribution in [3.63, 3.8) is 0 Å². The van der Waals surface area contributed by atoms with Gasteiger partial charge in [0, 0.05) is 12.2 Å². The van der Waals surface area contributed by atoms with Crippen molar-refractivity contribution in [3.05, 3.63) is 22.9 Å². The van der Waals surface area contributed by atoms with E-state index < -0.39 is 5.97 Å². The maximum atomic E-state index is 11.4. The summed E-state index contributed by atoms with van der Waals surface area (Å²) in [6.45, 7) is 0.916. The van der Waals surface area contributed by atoms with Gasteiger partial charge in [-0.15, -0.1) is 0 Å². The van der Waals surface area contributed by atoms with Crippen molar-refractivity contribution in [1.82, 2.24) is 5.32 Å². The molecule has 3 nitrogen and oxygen atoms in total. The highest BCUT2D eigenvalue weighted by atomic mass is 16.4. The maximum Gasteiger partial charge on any atom is 0.309 e. The molecule has 1 aliphatic carbocycles. The van der Waals surface area contributed by atoms with Gasteiger partial charge < -0.3 is 10.4 Å². The SMILES string of the molecule is O=C(O)CC1=C(C2=CCCCCCCCC2)CCCCCCCN1. The molecule has 0 aromatic heterocycles. The van der Waals surface area contributed by atoms with Crippen molar-refractivity contribution >= 4 is 5.97 Å². The second-order valence-electron chi connectivity index (χ2n) is 7.36. The predicted molar refractivity (Wildman–Crippen MR) is 100 cm³/mol. The molecule has 0 unspecified atom stereocenters. The highest BCUT2D eigenvalue weighted by Gasteiger charge is 2.16. The average Bonchev–Trinajstić information content (AvgIpc) is 2.58. The molecule has 0 fully saturated rings. The molecule has 0 spiro atoms. The number of nitrogens with one attached hydrogen (secondary N) is 1. The Morgan fingerprint density at radius 3 is 2.25 bits per heavy atom. The van der Waals surface area contributed by atoms with Crippen molar-refractivity contribution in [2.45, 2.75) is 96.3 Å². The van der Waals surface area contributed by atoms with Gasteiger partial charge in [0.2, 0.25) is 0 Å². The summed E-state index contributed by atoms with van der Waals surface area (Å²) in [6.07, 6.45) is 20.0. The summed E-state index contributed by atoms with van der Waals surface area (Å²) in [4.78, 5) is 11.4. The first-order chi connectivity index (χ1) is 11.8. The summed E-state index contributed by atoms with van der Waals surface area (Å²) in [6, 6.07) is 0. The monoisotopic (exact) mass is 333 g/mol. The molecule has 2 N–H and O–H groups in total. The standard InChI is InChI=1S/C21H35NO2/c23-21(24)17-20-19(15-11-7-4-8-12-16-22-20)18-13-9-5-2-1-3-6-10-14-18/h13,22H,1-12,14-17H2,(H,23,24). The summed E-state index contributed by atoms with van der Waals surface area (Å²) in [5.41, 5.74) is 3.77. The summed E-state index contributed by atoms with van der Waals surface area (Å²) >= 11 is 0. The van der Waals surface area contributed by atoms with Crippen LogP contribution in [0.15, 0.2) is 22.9 Å². The van der Waals surface area contributed by atoms with Crippen LogP contribution in [-0.4, -0.2) is 17.6 Å². The van der Waals surface area contributed by atoms with E-state index in [1.54, 1.807) is 0 Å². The molecule has 0 bridgehead atoms. The Labute approximate surface area is 147 Å². The topological polar surface area (TPSA) is 49.3 Å². The van der Waals surface area contributed by atoms with Crippen molar-refractivity contribution < 1.29 is 9.90 Å². The van der Waals surface area contributed by atoms with Crippen LogP contribution >= 0.6 is 0 Å². The first-order valence-electron chi connectivity index (χ1n) is 10.1. The van der Waals surface area contributed by atoms with Crippen LogP contribution in [0.2, 0.25) is 0 Å². The number of aliphatic carboxylic acids is 1. The lowest BCUT2D eigenvalue weighted by molar-refractivity contribution is -0.136. The largest absolute Gasteiger partial charge is 0.481 e. The number of allylic oxidation sites excluding steroid dienone is 3. The molecule has 0 aromatic carbocycles. The van der Waals surface area contributed by atoms with Crippen molar-refractivity contribution in [1.29, 1.82) is 0 Å². The van der Waals surface area contributed by atoms with E-state index >= 15 is 0 Å². The molecule has 0 saturated carbocycles. The third-order valence-electron chi connectivity index (χ3n) is 5.31. The van der Waals surface area contributed by atoms with E-state index in [-0.39, 0.29) is 6.42 Å². The molecular weight excluding hydrogens is 298 g/mol. The normalized spacial score (nSPS) is 22.2. The molecule has 0 atom stereocenters. The van der Waals surface area contributed by atoms with Crippen molar-refractivity contribution in [2.75, 3.05) is 6.54 Å². The minimum Gasteiger partial charge on any atom is -0.481 e. The van der Waals surface area contributed by atoms with E-state index in [2.05, 4.69) is 11.4 Å². The molecule has 1 aliphatic heterocycles. The Morgan fingerprint density at radius 2 is 1.50 bits per heavy atom. The fourth-order valence-corrected chi connectivity index (χ4v) is 3.95. The molecule has 0 aromatic rings. The van der Waals surface area contributed by atoms with Crippen LogP contribution in [0.4, 0.5) is 0 Å². The number of carboxylic acids is 1. The van der Waals surface area contributed by atoms with E-state index in [4.69, 9.17) is 0 Å². The number of carbonyl (C=O) groups is 1. The molecule has 24 heavy (non-hydrogen) atoms. The molecule has 2 rings (SSSR count). The first-order valence-corrected chi connectivity index (χ1v) is 10.1. The molecule has 2 aliphatic rings. The van der Waals surface area contributed by atoms with Gasteiger partial charge >= 0.3 is 5.97 Å². The quantitative estimate of drug-likeness (QED) is 0.694. The smallest absolute Gasteiger partial charge is 0.309 e. The maximum absolute atomic E-state index is 11.4. The lowest BCUT2D eigenvalue weighted by Crippen LogP contribution is -2.21. The van der Waals surface area contributed by atoms with Gasteiger partial charge in [-0.3, -0.25) is 4.79 Å². The van der Waals surface area contributed by atoms with E-state index in [9.17, 15) is 9.90 Å². The fraction of sp³-hybridized carbons (Fsp3) is 0.762. The van der Waals surface area contributed by atoms with E-state index in [1.807, 2.05) is 0 Å². The number of hydrogen-bond acceptors (Lipinski definition) is 2. The Bertz CT molecular complexity index is 451. The van der Waals surface area contributed by atoms with Crippen LogP contribution in [0.25, 0.3) is 0 Å². The lowest BCUT2D eigenvalue weighted by Gasteiger charge is -2.21. The zero-order valence-corrected chi connectivity index (χ0v) is 15.2. The third kappa shape index (κ3) is 7.11. The summed E-state index contributed by atoms with van der Waals surface area (Å²) < 4.78 is 0. The van der Waals surface area contributed by atoms with Gasteiger partial charge in [-0.05, 0) is 56.1 Å². The lowest BCUT2D eigenvalue weighted by atomic mass is 9.89. The summed E-state index contributed by atoms with van der Waals surface area (Å²) in [7, 11) is 0. The molecule has 0 radical (unpaired) electrons. The second-order valence-corrected chi connectivity index (χ2v) is 7.36. The van der Waals surface area contributed by atoms with Gasteiger partial charge in [0.15, 0.2) is 0 Å². The summed E-state index contributed by atoms with van der Waals surface area (Å²) in [5.74, 6) is -0.715. The van der Waals surface area contributed by atoms with Crippen molar-refractivity contribution in [2.24, 2.45) is 0 Å². The third-order valence-corrected chi connectivity index (χ3v) is 5.31. The highest BCUT2D eigenvalue weighted by Crippen LogP contribution is 2.29. The molecule has 0 amide bonds.